The quantitative estimate of drug-likeness (QED) is 0.767. The molecule has 1 aliphatic rings. The van der Waals surface area contributed by atoms with Crippen LogP contribution < -0.4 is 19.7 Å². The van der Waals surface area contributed by atoms with E-state index in [0.717, 1.165) is 30.4 Å². The lowest BCUT2D eigenvalue weighted by molar-refractivity contribution is -0.111. The minimum absolute atomic E-state index is 0.230. The largest absolute Gasteiger partial charge is 0.497 e. The Morgan fingerprint density at radius 2 is 1.96 bits per heavy atom. The molecule has 0 aliphatic carbocycles. The third kappa shape index (κ3) is 5.03. The van der Waals surface area contributed by atoms with E-state index < -0.39 is 0 Å². The molecule has 0 unspecified atom stereocenters. The topological polar surface area (TPSA) is 63.7 Å². The monoisotopic (exact) mass is 381 g/mol. The SMILES string of the molecule is COc1ccc(OC)c(/C=C/C(=O)Nc2ccc(N3CCC(C)CC3)nc2)c1. The van der Waals surface area contributed by atoms with Gasteiger partial charge in [0.2, 0.25) is 5.91 Å². The number of nitrogens with one attached hydrogen (secondary N) is 1. The Kier molecular flexibility index (Phi) is 6.53. The van der Waals surface area contributed by atoms with E-state index in [2.05, 4.69) is 22.1 Å². The van der Waals surface area contributed by atoms with Crippen molar-refractivity contribution in [3.05, 3.63) is 48.2 Å². The fourth-order valence-electron chi connectivity index (χ4n) is 3.20. The summed E-state index contributed by atoms with van der Waals surface area (Å²) in [5.41, 5.74) is 1.44. The maximum Gasteiger partial charge on any atom is 0.248 e. The summed E-state index contributed by atoms with van der Waals surface area (Å²) in [5.74, 6) is 2.89. The Bertz CT molecular complexity index is 825. The Hall–Kier alpha value is -3.02. The minimum Gasteiger partial charge on any atom is -0.497 e. The number of nitrogens with zero attached hydrogens (tertiary/aromatic N) is 2. The van der Waals surface area contributed by atoms with Crippen molar-refractivity contribution in [2.75, 3.05) is 37.5 Å². The van der Waals surface area contributed by atoms with Gasteiger partial charge < -0.3 is 19.7 Å². The van der Waals surface area contributed by atoms with Crippen LogP contribution in [0, 0.1) is 5.92 Å². The summed E-state index contributed by atoms with van der Waals surface area (Å²) < 4.78 is 10.5. The second-order valence-corrected chi connectivity index (χ2v) is 7.01. The van der Waals surface area contributed by atoms with Gasteiger partial charge in [-0.1, -0.05) is 6.92 Å². The van der Waals surface area contributed by atoms with Gasteiger partial charge in [-0.25, -0.2) is 4.98 Å². The molecule has 1 saturated heterocycles. The Morgan fingerprint density at radius 3 is 2.61 bits per heavy atom. The highest BCUT2D eigenvalue weighted by atomic mass is 16.5. The molecule has 2 heterocycles. The van der Waals surface area contributed by atoms with E-state index in [1.165, 1.54) is 18.9 Å². The molecule has 0 radical (unpaired) electrons. The van der Waals surface area contributed by atoms with Crippen molar-refractivity contribution in [1.82, 2.24) is 4.98 Å². The predicted molar refractivity (Wildman–Crippen MR) is 112 cm³/mol. The van der Waals surface area contributed by atoms with Gasteiger partial charge in [0.1, 0.15) is 17.3 Å². The summed E-state index contributed by atoms with van der Waals surface area (Å²) >= 11 is 0. The Labute approximate surface area is 166 Å². The zero-order valence-electron chi connectivity index (χ0n) is 16.6. The van der Waals surface area contributed by atoms with E-state index in [-0.39, 0.29) is 5.91 Å². The van der Waals surface area contributed by atoms with Crippen molar-refractivity contribution in [2.24, 2.45) is 5.92 Å². The summed E-state index contributed by atoms with van der Waals surface area (Å²) in [6, 6.07) is 9.28. The number of benzene rings is 1. The molecule has 3 rings (SSSR count). The molecular weight excluding hydrogens is 354 g/mol. The fraction of sp³-hybridized carbons (Fsp3) is 0.364. The molecule has 2 aromatic rings. The number of carbonyl (C=O) groups is 1. The number of anilines is 2. The summed E-state index contributed by atoms with van der Waals surface area (Å²) in [7, 11) is 3.19. The van der Waals surface area contributed by atoms with Crippen LogP contribution in [0.5, 0.6) is 11.5 Å². The van der Waals surface area contributed by atoms with Gasteiger partial charge in [-0.3, -0.25) is 4.79 Å². The number of hydrogen-bond donors (Lipinski definition) is 1. The molecule has 0 bridgehead atoms. The van der Waals surface area contributed by atoms with Gasteiger partial charge in [0.05, 0.1) is 26.1 Å². The number of ether oxygens (including phenoxy) is 2. The first kappa shape index (κ1) is 19.7. The van der Waals surface area contributed by atoms with Crippen molar-refractivity contribution in [1.29, 1.82) is 0 Å². The van der Waals surface area contributed by atoms with Crippen LogP contribution in [0.2, 0.25) is 0 Å². The molecule has 1 aromatic carbocycles. The molecule has 0 atom stereocenters. The molecule has 1 amide bonds. The van der Waals surface area contributed by atoms with E-state index >= 15 is 0 Å². The standard InChI is InChI=1S/C22H27N3O3/c1-16-10-12-25(13-11-16)21-8-5-18(15-23-21)24-22(26)9-4-17-14-19(27-2)6-7-20(17)28-3/h4-9,14-16H,10-13H2,1-3H3,(H,24,26)/b9-4+. The molecule has 1 aliphatic heterocycles. The zero-order valence-corrected chi connectivity index (χ0v) is 16.6. The normalized spacial score (nSPS) is 14.9. The molecule has 1 N–H and O–H groups in total. The van der Waals surface area contributed by atoms with Crippen molar-refractivity contribution < 1.29 is 14.3 Å². The summed E-state index contributed by atoms with van der Waals surface area (Å²) in [4.78, 5) is 19.0. The highest BCUT2D eigenvalue weighted by molar-refractivity contribution is 6.02. The lowest BCUT2D eigenvalue weighted by Crippen LogP contribution is -2.33. The maximum atomic E-state index is 12.3. The molecule has 0 spiro atoms. The average molecular weight is 381 g/mol. The van der Waals surface area contributed by atoms with Crippen LogP contribution in [0.15, 0.2) is 42.6 Å². The fourth-order valence-corrected chi connectivity index (χ4v) is 3.20. The van der Waals surface area contributed by atoms with Crippen LogP contribution in [-0.2, 0) is 4.79 Å². The van der Waals surface area contributed by atoms with Crippen LogP contribution in [0.25, 0.3) is 6.08 Å². The molecule has 28 heavy (non-hydrogen) atoms. The lowest BCUT2D eigenvalue weighted by atomic mass is 9.99. The first-order valence-electron chi connectivity index (χ1n) is 9.51. The van der Waals surface area contributed by atoms with Gasteiger partial charge in [0.15, 0.2) is 0 Å². The first-order valence-corrected chi connectivity index (χ1v) is 9.51. The summed E-state index contributed by atoms with van der Waals surface area (Å²) in [5, 5.41) is 2.84. The van der Waals surface area contributed by atoms with Gasteiger partial charge >= 0.3 is 0 Å². The van der Waals surface area contributed by atoms with Gasteiger partial charge in [-0.05, 0) is 55.2 Å². The average Bonchev–Trinajstić information content (AvgIpc) is 2.73. The van der Waals surface area contributed by atoms with Crippen molar-refractivity contribution in [3.63, 3.8) is 0 Å². The number of hydrogen-bond acceptors (Lipinski definition) is 5. The second kappa shape index (κ2) is 9.26. The van der Waals surface area contributed by atoms with Crippen LogP contribution in [0.1, 0.15) is 25.3 Å². The third-order valence-corrected chi connectivity index (χ3v) is 4.97. The number of pyridine rings is 1. The van der Waals surface area contributed by atoms with E-state index in [1.807, 2.05) is 24.3 Å². The van der Waals surface area contributed by atoms with E-state index in [0.29, 0.717) is 17.2 Å². The zero-order chi connectivity index (χ0) is 19.9. The minimum atomic E-state index is -0.230. The van der Waals surface area contributed by atoms with Crippen LogP contribution in [0.4, 0.5) is 11.5 Å². The van der Waals surface area contributed by atoms with E-state index in [4.69, 9.17) is 9.47 Å². The number of methoxy groups -OCH3 is 2. The number of amides is 1. The molecule has 6 nitrogen and oxygen atoms in total. The lowest BCUT2D eigenvalue weighted by Gasteiger charge is -2.31. The number of rotatable bonds is 6. The highest BCUT2D eigenvalue weighted by Crippen LogP contribution is 2.25. The molecule has 1 aromatic heterocycles. The summed E-state index contributed by atoms with van der Waals surface area (Å²) in [6.07, 6.45) is 7.26. The predicted octanol–water partition coefficient (Wildman–Crippen LogP) is 3.99. The molecule has 148 valence electrons. The van der Waals surface area contributed by atoms with Gasteiger partial charge in [-0.15, -0.1) is 0 Å². The van der Waals surface area contributed by atoms with Crippen molar-refractivity contribution in [2.45, 2.75) is 19.8 Å². The molecule has 0 saturated carbocycles. The highest BCUT2D eigenvalue weighted by Gasteiger charge is 2.16. The number of aromatic nitrogens is 1. The molecule has 6 heteroatoms. The van der Waals surface area contributed by atoms with Gasteiger partial charge in [0, 0.05) is 24.7 Å². The Morgan fingerprint density at radius 1 is 1.18 bits per heavy atom. The van der Waals surface area contributed by atoms with Crippen LogP contribution in [0.3, 0.4) is 0 Å². The summed E-state index contributed by atoms with van der Waals surface area (Å²) in [6.45, 7) is 4.36. The second-order valence-electron chi connectivity index (χ2n) is 7.01. The first-order chi connectivity index (χ1) is 13.6. The smallest absolute Gasteiger partial charge is 0.248 e. The Balaban J connectivity index is 1.61. The van der Waals surface area contributed by atoms with Crippen molar-refractivity contribution in [3.8, 4) is 11.5 Å². The van der Waals surface area contributed by atoms with Gasteiger partial charge in [-0.2, -0.15) is 0 Å². The molecular formula is C22H27N3O3. The maximum absolute atomic E-state index is 12.3. The van der Waals surface area contributed by atoms with Gasteiger partial charge in [0.25, 0.3) is 0 Å². The number of carbonyl (C=O) groups excluding carboxylic acids is 1. The van der Waals surface area contributed by atoms with E-state index in [9.17, 15) is 4.79 Å². The van der Waals surface area contributed by atoms with E-state index in [1.54, 1.807) is 32.6 Å². The molecule has 1 fully saturated rings. The van der Waals surface area contributed by atoms with Crippen LogP contribution >= 0.6 is 0 Å². The van der Waals surface area contributed by atoms with Crippen LogP contribution in [-0.4, -0.2) is 38.2 Å². The third-order valence-electron chi connectivity index (χ3n) is 4.97. The number of piperidine rings is 1. The van der Waals surface area contributed by atoms with Crippen molar-refractivity contribution >= 4 is 23.5 Å².